The van der Waals surface area contributed by atoms with Gasteiger partial charge in [0.2, 0.25) is 6.33 Å². The minimum atomic E-state index is -0.779. The normalized spacial score (nSPS) is 17.3. The molecule has 0 spiro atoms. The summed E-state index contributed by atoms with van der Waals surface area (Å²) in [5.41, 5.74) is 2.10. The Morgan fingerprint density at radius 3 is 2.71 bits per heavy atom. The van der Waals surface area contributed by atoms with Crippen LogP contribution in [0.3, 0.4) is 0 Å². The smallest absolute Gasteiger partial charge is 0.354 e. The number of imidazole rings is 1. The van der Waals surface area contributed by atoms with Gasteiger partial charge in [0.05, 0.1) is 25.3 Å². The number of rotatable bonds is 7. The van der Waals surface area contributed by atoms with Crippen LogP contribution in [0.5, 0.6) is 0 Å². The highest BCUT2D eigenvalue weighted by atomic mass is 79.9. The topological polar surface area (TPSA) is 119 Å². The van der Waals surface area contributed by atoms with Crippen LogP contribution in [0.4, 0.5) is 0 Å². The van der Waals surface area contributed by atoms with E-state index in [-0.39, 0.29) is 17.0 Å². The average molecular weight is 542 g/mol. The van der Waals surface area contributed by atoms with Crippen LogP contribution in [0.15, 0.2) is 53.0 Å². The Kier molecular flexibility index (Phi) is 6.93. The van der Waals surface area contributed by atoms with Crippen molar-refractivity contribution in [2.24, 2.45) is 0 Å². The lowest BCUT2D eigenvalue weighted by Gasteiger charge is -2.25. The van der Waals surface area contributed by atoms with Crippen LogP contribution < -0.4 is 4.57 Å². The number of methoxy groups -OCH3 is 1. The van der Waals surface area contributed by atoms with Crippen LogP contribution >= 0.6 is 15.9 Å². The first-order chi connectivity index (χ1) is 16.7. The molecular formula is C25H26BrN4O5+. The van der Waals surface area contributed by atoms with Crippen LogP contribution in [-0.2, 0) is 20.9 Å². The van der Waals surface area contributed by atoms with E-state index in [1.165, 1.54) is 12.0 Å². The number of aromatic nitrogens is 3. The zero-order chi connectivity index (χ0) is 25.3. The minimum absolute atomic E-state index is 0.0102. The van der Waals surface area contributed by atoms with Gasteiger partial charge in [-0.25, -0.2) is 9.36 Å². The van der Waals surface area contributed by atoms with Gasteiger partial charge in [-0.3, -0.25) is 14.6 Å². The number of aliphatic hydroxyl groups excluding tert-OH is 1. The third kappa shape index (κ3) is 4.53. The van der Waals surface area contributed by atoms with E-state index in [9.17, 15) is 19.5 Å². The summed E-state index contributed by atoms with van der Waals surface area (Å²) < 4.78 is 7.55. The molecule has 1 aliphatic rings. The number of ether oxygens (including phenoxy) is 1. The van der Waals surface area contributed by atoms with E-state index in [2.05, 4.69) is 25.9 Å². The van der Waals surface area contributed by atoms with Crippen molar-refractivity contribution in [3.05, 3.63) is 81.1 Å². The number of likely N-dealkylation sites (tertiary alicyclic amines) is 1. The van der Waals surface area contributed by atoms with Gasteiger partial charge in [-0.05, 0) is 37.1 Å². The van der Waals surface area contributed by atoms with Crippen molar-refractivity contribution < 1.29 is 28.8 Å². The Hall–Kier alpha value is -3.66. The van der Waals surface area contributed by atoms with Crippen molar-refractivity contribution >= 4 is 39.3 Å². The Morgan fingerprint density at radius 2 is 2.06 bits per heavy atom. The minimum Gasteiger partial charge on any atom is -0.507 e. The predicted octanol–water partition coefficient (Wildman–Crippen LogP) is 3.31. The number of benzene rings is 1. The summed E-state index contributed by atoms with van der Waals surface area (Å²) in [6.07, 6.45) is 6.11. The first-order valence-electron chi connectivity index (χ1n) is 11.1. The van der Waals surface area contributed by atoms with Crippen molar-refractivity contribution in [1.29, 1.82) is 0 Å². The van der Waals surface area contributed by atoms with E-state index in [1.54, 1.807) is 20.0 Å². The fraction of sp³-hybridized carbons (Fsp3) is 0.280. The van der Waals surface area contributed by atoms with Gasteiger partial charge in [0.15, 0.2) is 0 Å². The number of hydrogen-bond acceptors (Lipinski definition) is 5. The van der Waals surface area contributed by atoms with Crippen LogP contribution in [0.25, 0.3) is 5.76 Å². The maximum atomic E-state index is 13.3. The maximum absolute atomic E-state index is 13.3. The van der Waals surface area contributed by atoms with Crippen LogP contribution in [0.2, 0.25) is 0 Å². The Labute approximate surface area is 210 Å². The quantitative estimate of drug-likeness (QED) is 0.139. The fourth-order valence-corrected chi connectivity index (χ4v) is 4.98. The zero-order valence-electron chi connectivity index (χ0n) is 19.6. The molecule has 1 unspecified atom stereocenters. The number of halogens is 1. The molecule has 0 saturated carbocycles. The zero-order valence-corrected chi connectivity index (χ0v) is 21.2. The number of aromatic amines is 2. The molecule has 1 amide bonds. The van der Waals surface area contributed by atoms with Gasteiger partial charge >= 0.3 is 5.97 Å². The molecule has 1 saturated heterocycles. The molecule has 182 valence electrons. The second-order valence-electron chi connectivity index (χ2n) is 8.37. The summed E-state index contributed by atoms with van der Waals surface area (Å²) in [5.74, 6) is -2.34. The number of carbonyl (C=O) groups excluding carboxylic acids is 3. The fourth-order valence-electron chi connectivity index (χ4n) is 4.56. The van der Waals surface area contributed by atoms with Crippen molar-refractivity contribution in [3.63, 3.8) is 0 Å². The van der Waals surface area contributed by atoms with Crippen LogP contribution in [-0.4, -0.2) is 51.3 Å². The first kappa shape index (κ1) is 24.5. The molecule has 0 aliphatic carbocycles. The third-order valence-corrected chi connectivity index (χ3v) is 6.68. The lowest BCUT2D eigenvalue weighted by Crippen LogP contribution is -2.36. The molecule has 0 radical (unpaired) electrons. The van der Waals surface area contributed by atoms with Gasteiger partial charge < -0.3 is 19.7 Å². The largest absolute Gasteiger partial charge is 0.507 e. The van der Waals surface area contributed by atoms with Gasteiger partial charge in [0.1, 0.15) is 23.8 Å². The first-order valence-corrected chi connectivity index (χ1v) is 11.9. The van der Waals surface area contributed by atoms with Gasteiger partial charge in [-0.15, -0.1) is 0 Å². The van der Waals surface area contributed by atoms with E-state index in [0.29, 0.717) is 41.9 Å². The third-order valence-electron chi connectivity index (χ3n) is 6.19. The molecule has 3 aromatic rings. The second kappa shape index (κ2) is 9.91. The summed E-state index contributed by atoms with van der Waals surface area (Å²) in [5, 5.41) is 11.4. The molecule has 1 fully saturated rings. The molecule has 35 heavy (non-hydrogen) atoms. The molecule has 9 nitrogen and oxygen atoms in total. The number of esters is 1. The lowest BCUT2D eigenvalue weighted by atomic mass is 9.94. The van der Waals surface area contributed by atoms with Gasteiger partial charge in [0.25, 0.3) is 11.7 Å². The molecule has 0 bridgehead atoms. The highest BCUT2D eigenvalue weighted by molar-refractivity contribution is 9.10. The van der Waals surface area contributed by atoms with Crippen molar-refractivity contribution in [2.75, 3.05) is 13.7 Å². The number of ketones is 1. The summed E-state index contributed by atoms with van der Waals surface area (Å²) >= 11 is 3.46. The van der Waals surface area contributed by atoms with E-state index in [4.69, 9.17) is 4.74 Å². The summed E-state index contributed by atoms with van der Waals surface area (Å²) in [4.78, 5) is 46.0. The van der Waals surface area contributed by atoms with Gasteiger partial charge in [-0.1, -0.05) is 28.1 Å². The van der Waals surface area contributed by atoms with E-state index in [0.717, 1.165) is 4.47 Å². The molecule has 4 rings (SSSR count). The Morgan fingerprint density at radius 1 is 1.29 bits per heavy atom. The Balaban J connectivity index is 1.80. The van der Waals surface area contributed by atoms with E-state index >= 15 is 0 Å². The number of amides is 1. The molecule has 1 aromatic carbocycles. The van der Waals surface area contributed by atoms with E-state index < -0.39 is 23.7 Å². The number of aryl methyl sites for hydroxylation is 2. The average Bonchev–Trinajstić information content (AvgIpc) is 3.52. The second-order valence-corrected chi connectivity index (χ2v) is 9.28. The molecule has 2 aromatic heterocycles. The molecule has 3 heterocycles. The van der Waals surface area contributed by atoms with Crippen molar-refractivity contribution in [2.45, 2.75) is 32.9 Å². The van der Waals surface area contributed by atoms with E-state index in [1.807, 2.05) is 41.4 Å². The number of H-pyrrole nitrogens is 2. The molecule has 10 heteroatoms. The molecule has 1 atom stereocenters. The Bertz CT molecular complexity index is 1330. The predicted molar refractivity (Wildman–Crippen MR) is 130 cm³/mol. The lowest BCUT2D eigenvalue weighted by molar-refractivity contribution is -0.695. The number of hydrogen-bond donors (Lipinski definition) is 3. The monoisotopic (exact) mass is 541 g/mol. The highest BCUT2D eigenvalue weighted by Gasteiger charge is 2.46. The summed E-state index contributed by atoms with van der Waals surface area (Å²) in [6, 6.07) is 6.53. The highest BCUT2D eigenvalue weighted by Crippen LogP contribution is 2.41. The van der Waals surface area contributed by atoms with Gasteiger partial charge in [-0.2, -0.15) is 0 Å². The molecular weight excluding hydrogens is 516 g/mol. The van der Waals surface area contributed by atoms with Crippen LogP contribution in [0, 0.1) is 13.8 Å². The SMILES string of the molecule is COC(=O)c1[nH]c(C)c(C(O)=C2C(=O)C(=O)N(CCC[n+]3cc[nH]c3)C2c2cccc(Br)c2)c1C. The summed E-state index contributed by atoms with van der Waals surface area (Å²) in [7, 11) is 1.27. The number of nitrogens with one attached hydrogen (secondary N) is 2. The molecule has 1 aliphatic heterocycles. The standard InChI is InChI=1S/C25H25BrN4O5/c1-14-18(15(2)28-20(14)25(34)35-3)22(31)19-21(16-6-4-7-17(26)12-16)30(24(33)23(19)32)10-5-9-29-11-8-27-13-29/h4,6-8,11-13,21H,5,9-10H2,1-3H3,(H2,28,31,32,34)/p+1. The van der Waals surface area contributed by atoms with Crippen molar-refractivity contribution in [1.82, 2.24) is 14.9 Å². The molecule has 3 N–H and O–H groups in total. The number of carbonyl (C=O) groups is 3. The van der Waals surface area contributed by atoms with Crippen LogP contribution in [0.1, 0.15) is 45.3 Å². The number of Topliss-reactive ketones (excluding diaryl/α,β-unsaturated/α-hetero) is 1. The summed E-state index contributed by atoms with van der Waals surface area (Å²) in [6.45, 7) is 4.31. The number of aliphatic hydroxyl groups is 1. The van der Waals surface area contributed by atoms with Gasteiger partial charge in [0, 0.05) is 28.7 Å². The maximum Gasteiger partial charge on any atom is 0.354 e. The van der Waals surface area contributed by atoms with Crippen molar-refractivity contribution in [3.8, 4) is 0 Å². The number of nitrogens with zero attached hydrogens (tertiary/aromatic N) is 2.